The van der Waals surface area contributed by atoms with Crippen molar-refractivity contribution in [2.75, 3.05) is 20.2 Å². The highest BCUT2D eigenvalue weighted by Crippen LogP contribution is 2.38. The molecule has 2 aromatic carbocycles. The number of ether oxygens (including phenoxy) is 1. The zero-order chi connectivity index (χ0) is 38.3. The van der Waals surface area contributed by atoms with Crippen LogP contribution in [0.25, 0.3) is 42.9 Å². The van der Waals surface area contributed by atoms with Gasteiger partial charge in [-0.25, -0.2) is 19.7 Å². The molecule has 3 aromatic heterocycles. The molecule has 0 aliphatic carbocycles. The molecule has 0 spiro atoms. The van der Waals surface area contributed by atoms with E-state index in [9.17, 15) is 19.2 Å². The Kier molecular flexibility index (Phi) is 10.4. The highest BCUT2D eigenvalue weighted by atomic mass is 32.1. The Morgan fingerprint density at radius 3 is 2.17 bits per heavy atom. The van der Waals surface area contributed by atoms with Crippen molar-refractivity contribution in [1.29, 1.82) is 0 Å². The zero-order valence-electron chi connectivity index (χ0n) is 31.4. The van der Waals surface area contributed by atoms with E-state index in [0.29, 0.717) is 13.1 Å². The number of thiazole rings is 1. The van der Waals surface area contributed by atoms with Crippen molar-refractivity contribution in [2.24, 2.45) is 11.8 Å². The normalized spacial score (nSPS) is 18.5. The molecule has 2 aliphatic rings. The van der Waals surface area contributed by atoms with Gasteiger partial charge in [-0.05, 0) is 55.0 Å². The van der Waals surface area contributed by atoms with E-state index in [4.69, 9.17) is 14.7 Å². The van der Waals surface area contributed by atoms with Gasteiger partial charge in [0.2, 0.25) is 17.7 Å². The van der Waals surface area contributed by atoms with Crippen molar-refractivity contribution < 1.29 is 23.9 Å². The summed E-state index contributed by atoms with van der Waals surface area (Å²) in [6.07, 6.45) is 6.28. The lowest BCUT2D eigenvalue weighted by Gasteiger charge is -2.30. The second-order valence-electron chi connectivity index (χ2n) is 14.9. The summed E-state index contributed by atoms with van der Waals surface area (Å²) in [6, 6.07) is 8.62. The lowest BCUT2D eigenvalue weighted by molar-refractivity contribution is -0.138. The second-order valence-corrected chi connectivity index (χ2v) is 15.9. The topological polar surface area (TPSA) is 178 Å². The van der Waals surface area contributed by atoms with Gasteiger partial charge in [-0.2, -0.15) is 0 Å². The molecule has 0 bridgehead atoms. The number of alkyl carbamates (subject to hydrolysis) is 1. The number of fused-ring (bicyclic) bond motifs is 3. The Morgan fingerprint density at radius 2 is 1.52 bits per heavy atom. The first-order valence-corrected chi connectivity index (χ1v) is 19.4. The predicted octanol–water partition coefficient (Wildman–Crippen LogP) is 6.10. The van der Waals surface area contributed by atoms with E-state index < -0.39 is 18.2 Å². The maximum absolute atomic E-state index is 13.7. The van der Waals surface area contributed by atoms with Crippen LogP contribution in [0.4, 0.5) is 4.79 Å². The second kappa shape index (κ2) is 15.2. The van der Waals surface area contributed by atoms with Gasteiger partial charge in [-0.15, -0.1) is 11.3 Å². The van der Waals surface area contributed by atoms with Crippen LogP contribution in [0.5, 0.6) is 0 Å². The zero-order valence-corrected chi connectivity index (χ0v) is 32.3. The lowest BCUT2D eigenvalue weighted by Crippen LogP contribution is -2.51. The molecular formula is C39H47N9O5S. The molecule has 5 heterocycles. The number of hydrogen-bond donors (Lipinski definition) is 4. The minimum atomic E-state index is -0.698. The third-order valence-electron chi connectivity index (χ3n) is 10.5. The molecule has 0 radical (unpaired) electrons. The number of nitrogens with one attached hydrogen (secondary N) is 4. The standard InChI is InChI=1S/C39H47N9O5S/c1-20(2)31(42-22(5)49)37(50)47-15-7-9-28(47)34-40-18-27(44-34)30-19-41-36(54-30)24-11-13-25-23(17-24)12-14-26-33(25)45-35(43-26)29-10-8-16-48(29)38(51)32(21(3)4)46-39(52)53-6/h11-14,17-21,28-29,31-32H,7-10,15-16H2,1-6H3,(H,40,44)(H,42,49)(H,43,45)(H,46,52)/t28-,29-,31-,32-/m0/s1. The molecule has 0 saturated carbocycles. The summed E-state index contributed by atoms with van der Waals surface area (Å²) in [5, 5.41) is 8.41. The Balaban J connectivity index is 1.09. The van der Waals surface area contributed by atoms with E-state index in [1.807, 2.05) is 49.8 Å². The maximum atomic E-state index is 13.7. The van der Waals surface area contributed by atoms with E-state index >= 15 is 0 Å². The molecular weight excluding hydrogens is 707 g/mol. The first-order chi connectivity index (χ1) is 25.9. The Hall–Kier alpha value is -5.31. The number of aromatic amines is 2. The molecule has 15 heteroatoms. The molecule has 7 rings (SSSR count). The van der Waals surface area contributed by atoms with Crippen molar-refractivity contribution >= 4 is 57.0 Å². The number of H-pyrrole nitrogens is 2. The van der Waals surface area contributed by atoms with Gasteiger partial charge in [0, 0.05) is 37.2 Å². The Morgan fingerprint density at radius 1 is 0.852 bits per heavy atom. The van der Waals surface area contributed by atoms with E-state index in [0.717, 1.165) is 80.3 Å². The summed E-state index contributed by atoms with van der Waals surface area (Å²) in [7, 11) is 1.29. The van der Waals surface area contributed by atoms with Gasteiger partial charge in [0.05, 0.1) is 47.0 Å². The number of imidazole rings is 2. The highest BCUT2D eigenvalue weighted by molar-refractivity contribution is 7.18. The minimum absolute atomic E-state index is 0.0367. The van der Waals surface area contributed by atoms with E-state index in [-0.39, 0.29) is 41.6 Å². The summed E-state index contributed by atoms with van der Waals surface area (Å²) in [4.78, 5) is 77.0. The van der Waals surface area contributed by atoms with Crippen molar-refractivity contribution in [3.63, 3.8) is 0 Å². The van der Waals surface area contributed by atoms with Crippen LogP contribution in [-0.4, -0.2) is 90.8 Å². The van der Waals surface area contributed by atoms with Gasteiger partial charge in [0.1, 0.15) is 28.7 Å². The quantitative estimate of drug-likeness (QED) is 0.132. The first kappa shape index (κ1) is 37.0. The summed E-state index contributed by atoms with van der Waals surface area (Å²) in [5.74, 6) is 0.865. The van der Waals surface area contributed by atoms with Gasteiger partial charge in [0.25, 0.3) is 0 Å². The van der Waals surface area contributed by atoms with E-state index in [1.54, 1.807) is 17.5 Å². The molecule has 2 saturated heterocycles. The minimum Gasteiger partial charge on any atom is -0.453 e. The number of benzene rings is 2. The number of amides is 4. The van der Waals surface area contributed by atoms with E-state index in [1.165, 1.54) is 14.0 Å². The molecule has 284 valence electrons. The van der Waals surface area contributed by atoms with Gasteiger partial charge < -0.3 is 35.1 Å². The molecule has 4 amide bonds. The fourth-order valence-electron chi connectivity index (χ4n) is 7.69. The number of carbonyl (C=O) groups is 4. The number of carbonyl (C=O) groups excluding carboxylic acids is 4. The summed E-state index contributed by atoms with van der Waals surface area (Å²) < 4.78 is 4.78. The summed E-state index contributed by atoms with van der Waals surface area (Å²) >= 11 is 1.56. The number of aromatic nitrogens is 5. The fraction of sp³-hybridized carbons (Fsp3) is 0.462. The molecule has 4 N–H and O–H groups in total. The third kappa shape index (κ3) is 7.16. The van der Waals surface area contributed by atoms with Crippen molar-refractivity contribution in [3.05, 3.63) is 54.4 Å². The van der Waals surface area contributed by atoms with Crippen molar-refractivity contribution in [1.82, 2.24) is 45.4 Å². The number of rotatable bonds is 10. The molecule has 5 aromatic rings. The smallest absolute Gasteiger partial charge is 0.407 e. The SMILES string of the molecule is COC(=O)N[C@H](C(=O)N1CCC[C@H]1c1nc2c(ccc3cc(-c4ncc(-c5cnc([C@@H]6CCCN6C(=O)[C@@H](NC(C)=O)C(C)C)[nH]5)s4)ccc32)[nH]1)C(C)C. The van der Waals surface area contributed by atoms with Gasteiger partial charge in [-0.3, -0.25) is 14.4 Å². The molecule has 54 heavy (non-hydrogen) atoms. The lowest BCUT2D eigenvalue weighted by atomic mass is 10.0. The van der Waals surface area contributed by atoms with Crippen molar-refractivity contribution in [3.8, 4) is 21.1 Å². The number of hydrogen-bond acceptors (Lipinski definition) is 9. The van der Waals surface area contributed by atoms with Crippen LogP contribution in [0.1, 0.15) is 84.0 Å². The summed E-state index contributed by atoms with van der Waals surface area (Å²) in [5.41, 5.74) is 3.54. The van der Waals surface area contributed by atoms with Crippen LogP contribution in [0.3, 0.4) is 0 Å². The Bertz CT molecular complexity index is 2210. The maximum Gasteiger partial charge on any atom is 0.407 e. The number of likely N-dealkylation sites (tertiary alicyclic amines) is 2. The van der Waals surface area contributed by atoms with Crippen LogP contribution in [-0.2, 0) is 19.1 Å². The average Bonchev–Trinajstić information content (AvgIpc) is 3.99. The summed E-state index contributed by atoms with van der Waals surface area (Å²) in [6.45, 7) is 10.3. The van der Waals surface area contributed by atoms with Gasteiger partial charge in [0.15, 0.2) is 0 Å². The van der Waals surface area contributed by atoms with Crippen LogP contribution in [0, 0.1) is 11.8 Å². The first-order valence-electron chi connectivity index (χ1n) is 18.6. The average molecular weight is 754 g/mol. The van der Waals surface area contributed by atoms with Crippen LogP contribution >= 0.6 is 11.3 Å². The number of methoxy groups -OCH3 is 1. The van der Waals surface area contributed by atoms with Gasteiger partial charge >= 0.3 is 6.09 Å². The van der Waals surface area contributed by atoms with Gasteiger partial charge in [-0.1, -0.05) is 45.9 Å². The van der Waals surface area contributed by atoms with Crippen molar-refractivity contribution in [2.45, 2.75) is 84.5 Å². The van der Waals surface area contributed by atoms with Crippen LogP contribution < -0.4 is 10.6 Å². The highest BCUT2D eigenvalue weighted by Gasteiger charge is 2.39. The molecule has 0 unspecified atom stereocenters. The fourth-order valence-corrected chi connectivity index (χ4v) is 8.57. The Labute approximate surface area is 317 Å². The molecule has 14 nitrogen and oxygen atoms in total. The van der Waals surface area contributed by atoms with Crippen LogP contribution in [0.2, 0.25) is 0 Å². The predicted molar refractivity (Wildman–Crippen MR) is 206 cm³/mol. The monoisotopic (exact) mass is 753 g/mol. The third-order valence-corrected chi connectivity index (χ3v) is 11.6. The molecule has 2 fully saturated rings. The molecule has 4 atom stereocenters. The van der Waals surface area contributed by atoms with E-state index in [2.05, 4.69) is 49.9 Å². The largest absolute Gasteiger partial charge is 0.453 e. The molecule has 2 aliphatic heterocycles. The van der Waals surface area contributed by atoms with Crippen LogP contribution in [0.15, 0.2) is 42.7 Å². The number of nitrogens with zero attached hydrogens (tertiary/aromatic N) is 5.